The quantitative estimate of drug-likeness (QED) is 0.438. The van der Waals surface area contributed by atoms with Crippen molar-refractivity contribution in [2.75, 3.05) is 0 Å². The van der Waals surface area contributed by atoms with E-state index >= 15 is 0 Å². The van der Waals surface area contributed by atoms with Crippen LogP contribution in [0.15, 0.2) is 48.5 Å². The van der Waals surface area contributed by atoms with Crippen LogP contribution in [-0.2, 0) is 0 Å². The van der Waals surface area contributed by atoms with Crippen molar-refractivity contribution in [2.24, 2.45) is 0 Å². The minimum absolute atomic E-state index is 0.214. The topological polar surface area (TPSA) is 34.1 Å². The summed E-state index contributed by atoms with van der Waals surface area (Å²) in [6.07, 6.45) is 4.97. The molecule has 0 spiro atoms. The molecule has 0 saturated heterocycles. The smallest absolute Gasteiger partial charge is 0.162 e. The summed E-state index contributed by atoms with van der Waals surface area (Å²) in [7, 11) is 0. The van der Waals surface area contributed by atoms with Gasteiger partial charge in [0.05, 0.1) is 0 Å². The van der Waals surface area contributed by atoms with Gasteiger partial charge in [-0.2, -0.15) is 0 Å². The van der Waals surface area contributed by atoms with Crippen molar-refractivity contribution in [1.29, 1.82) is 0 Å². The Morgan fingerprint density at radius 2 is 0.917 bits per heavy atom. The van der Waals surface area contributed by atoms with Gasteiger partial charge in [-0.3, -0.25) is 9.59 Å². The third kappa shape index (κ3) is 5.77. The Hall–Kier alpha value is -2.22. The summed E-state index contributed by atoms with van der Waals surface area (Å²) in [5, 5.41) is 0. The van der Waals surface area contributed by atoms with Gasteiger partial charge in [0.2, 0.25) is 0 Å². The zero-order valence-corrected chi connectivity index (χ0v) is 14.7. The molecular formula is C22H26O2. The second-order valence-electron chi connectivity index (χ2n) is 6.49. The number of hydrogen-bond acceptors (Lipinski definition) is 2. The van der Waals surface area contributed by atoms with Crippen LogP contribution in [0.2, 0.25) is 0 Å². The molecule has 2 aromatic rings. The van der Waals surface area contributed by atoms with E-state index < -0.39 is 0 Å². The summed E-state index contributed by atoms with van der Waals surface area (Å²) in [6, 6.07) is 15.5. The van der Waals surface area contributed by atoms with E-state index in [1.165, 1.54) is 11.1 Å². The van der Waals surface area contributed by atoms with Crippen molar-refractivity contribution in [2.45, 2.75) is 52.4 Å². The molecule has 0 aliphatic rings. The van der Waals surface area contributed by atoms with Gasteiger partial charge >= 0.3 is 0 Å². The first-order chi connectivity index (χ1) is 11.6. The second-order valence-corrected chi connectivity index (χ2v) is 6.49. The molecule has 0 fully saturated rings. The predicted molar refractivity (Wildman–Crippen MR) is 98.7 cm³/mol. The van der Waals surface area contributed by atoms with Gasteiger partial charge in [-0.15, -0.1) is 0 Å². The van der Waals surface area contributed by atoms with Crippen LogP contribution in [0.5, 0.6) is 0 Å². The van der Waals surface area contributed by atoms with E-state index in [-0.39, 0.29) is 11.6 Å². The highest BCUT2D eigenvalue weighted by molar-refractivity contribution is 5.96. The van der Waals surface area contributed by atoms with Crippen LogP contribution < -0.4 is 0 Å². The third-order valence-corrected chi connectivity index (χ3v) is 4.30. The van der Waals surface area contributed by atoms with E-state index in [1.54, 1.807) is 0 Å². The van der Waals surface area contributed by atoms with Crippen LogP contribution in [-0.4, -0.2) is 11.6 Å². The standard InChI is InChI=1S/C22H26O2/c1-17-9-13-19(14-10-17)21(23)7-5-3-4-6-8-22(24)20-15-11-18(2)12-16-20/h9-16H,3-8H2,1-2H3. The van der Waals surface area contributed by atoms with Crippen LogP contribution in [0.4, 0.5) is 0 Å². The van der Waals surface area contributed by atoms with Crippen LogP contribution in [0.25, 0.3) is 0 Å². The maximum absolute atomic E-state index is 12.1. The second kappa shape index (κ2) is 9.17. The maximum Gasteiger partial charge on any atom is 0.162 e. The van der Waals surface area contributed by atoms with Crippen molar-refractivity contribution >= 4 is 11.6 Å². The molecule has 0 amide bonds. The summed E-state index contributed by atoms with van der Waals surface area (Å²) in [5.74, 6) is 0.427. The normalized spacial score (nSPS) is 10.6. The molecule has 0 unspecified atom stereocenters. The van der Waals surface area contributed by atoms with Gasteiger partial charge in [-0.05, 0) is 26.7 Å². The number of unbranched alkanes of at least 4 members (excludes halogenated alkanes) is 3. The summed E-state index contributed by atoms with van der Waals surface area (Å²) in [6.45, 7) is 4.04. The van der Waals surface area contributed by atoms with Gasteiger partial charge in [-0.25, -0.2) is 0 Å². The van der Waals surface area contributed by atoms with Gasteiger partial charge < -0.3 is 0 Å². The van der Waals surface area contributed by atoms with Gasteiger partial charge in [-0.1, -0.05) is 72.5 Å². The molecule has 126 valence electrons. The molecule has 0 radical (unpaired) electrons. The number of ketones is 2. The average molecular weight is 322 g/mol. The first-order valence-electron chi connectivity index (χ1n) is 8.76. The molecule has 2 nitrogen and oxygen atoms in total. The van der Waals surface area contributed by atoms with E-state index in [4.69, 9.17) is 0 Å². The van der Waals surface area contributed by atoms with E-state index in [0.29, 0.717) is 12.8 Å². The highest BCUT2D eigenvalue weighted by Crippen LogP contribution is 2.13. The molecule has 0 bridgehead atoms. The number of Topliss-reactive ketones (excluding diaryl/α,β-unsaturated/α-hetero) is 2. The lowest BCUT2D eigenvalue weighted by molar-refractivity contribution is 0.0966. The Bertz CT molecular complexity index is 605. The van der Waals surface area contributed by atoms with Gasteiger partial charge in [0.1, 0.15) is 0 Å². The number of carbonyl (C=O) groups excluding carboxylic acids is 2. The first kappa shape index (κ1) is 18.1. The SMILES string of the molecule is Cc1ccc(C(=O)CCCCCCC(=O)c2ccc(C)cc2)cc1. The lowest BCUT2D eigenvalue weighted by Gasteiger charge is -2.03. The van der Waals surface area contributed by atoms with Crippen molar-refractivity contribution in [3.63, 3.8) is 0 Å². The molecule has 0 N–H and O–H groups in total. The largest absolute Gasteiger partial charge is 0.294 e. The highest BCUT2D eigenvalue weighted by Gasteiger charge is 2.07. The van der Waals surface area contributed by atoms with Crippen molar-refractivity contribution < 1.29 is 9.59 Å². The number of aryl methyl sites for hydroxylation is 2. The first-order valence-corrected chi connectivity index (χ1v) is 8.76. The number of hydrogen-bond donors (Lipinski definition) is 0. The molecule has 0 heterocycles. The molecule has 2 heteroatoms. The van der Waals surface area contributed by atoms with Crippen molar-refractivity contribution in [3.05, 3.63) is 70.8 Å². The lowest BCUT2D eigenvalue weighted by Crippen LogP contribution is -2.00. The zero-order chi connectivity index (χ0) is 17.4. The summed E-state index contributed by atoms with van der Waals surface area (Å²) in [5.41, 5.74) is 3.94. The lowest BCUT2D eigenvalue weighted by atomic mass is 10.0. The van der Waals surface area contributed by atoms with E-state index in [1.807, 2.05) is 62.4 Å². The van der Waals surface area contributed by atoms with Crippen molar-refractivity contribution in [3.8, 4) is 0 Å². The third-order valence-electron chi connectivity index (χ3n) is 4.30. The summed E-state index contributed by atoms with van der Waals surface area (Å²) >= 11 is 0. The van der Waals surface area contributed by atoms with Gasteiger partial charge in [0, 0.05) is 24.0 Å². The fourth-order valence-electron chi connectivity index (χ4n) is 2.69. The van der Waals surface area contributed by atoms with Crippen LogP contribution in [0.1, 0.15) is 70.4 Å². The van der Waals surface area contributed by atoms with Gasteiger partial charge in [0.25, 0.3) is 0 Å². The summed E-state index contributed by atoms with van der Waals surface area (Å²) < 4.78 is 0. The fourth-order valence-corrected chi connectivity index (χ4v) is 2.69. The molecule has 0 aliphatic carbocycles. The summed E-state index contributed by atoms with van der Waals surface area (Å²) in [4.78, 5) is 24.1. The molecule has 0 aliphatic heterocycles. The monoisotopic (exact) mass is 322 g/mol. The highest BCUT2D eigenvalue weighted by atomic mass is 16.1. The Balaban J connectivity index is 1.61. The minimum Gasteiger partial charge on any atom is -0.294 e. The Labute approximate surface area is 144 Å². The van der Waals surface area contributed by atoms with E-state index in [2.05, 4.69) is 0 Å². The molecule has 24 heavy (non-hydrogen) atoms. The molecular weight excluding hydrogens is 296 g/mol. The average Bonchev–Trinajstić information content (AvgIpc) is 2.58. The molecule has 2 aromatic carbocycles. The molecule has 0 saturated carbocycles. The number of carbonyl (C=O) groups is 2. The zero-order valence-electron chi connectivity index (χ0n) is 14.7. The van der Waals surface area contributed by atoms with E-state index in [9.17, 15) is 9.59 Å². The molecule has 0 aromatic heterocycles. The molecule has 0 atom stereocenters. The fraction of sp³-hybridized carbons (Fsp3) is 0.364. The van der Waals surface area contributed by atoms with Crippen LogP contribution in [0.3, 0.4) is 0 Å². The Kier molecular flexibility index (Phi) is 6.92. The Morgan fingerprint density at radius 3 is 1.25 bits per heavy atom. The predicted octanol–water partition coefficient (Wildman–Crippen LogP) is 5.71. The number of benzene rings is 2. The van der Waals surface area contributed by atoms with Crippen molar-refractivity contribution in [1.82, 2.24) is 0 Å². The van der Waals surface area contributed by atoms with E-state index in [0.717, 1.165) is 36.8 Å². The number of rotatable bonds is 9. The molecule has 2 rings (SSSR count). The van der Waals surface area contributed by atoms with Gasteiger partial charge in [0.15, 0.2) is 11.6 Å². The maximum atomic E-state index is 12.1. The minimum atomic E-state index is 0.214. The van der Waals surface area contributed by atoms with Crippen LogP contribution >= 0.6 is 0 Å². The Morgan fingerprint density at radius 1 is 0.583 bits per heavy atom. The van der Waals surface area contributed by atoms with Crippen LogP contribution in [0, 0.1) is 13.8 Å².